The van der Waals surface area contributed by atoms with Crippen molar-refractivity contribution in [2.45, 2.75) is 52.4 Å². The molecule has 0 saturated carbocycles. The van der Waals surface area contributed by atoms with Gasteiger partial charge in [-0.25, -0.2) is 0 Å². The molecule has 0 heterocycles. The first-order valence-electron chi connectivity index (χ1n) is 12.4. The van der Waals surface area contributed by atoms with Crippen LogP contribution < -0.4 is 0 Å². The van der Waals surface area contributed by atoms with Crippen molar-refractivity contribution in [2.75, 3.05) is 0 Å². The van der Waals surface area contributed by atoms with E-state index in [9.17, 15) is 0 Å². The van der Waals surface area contributed by atoms with Gasteiger partial charge in [-0.2, -0.15) is 0 Å². The van der Waals surface area contributed by atoms with Crippen LogP contribution in [-0.2, 0) is 10.8 Å². The Kier molecular flexibility index (Phi) is 4.40. The van der Waals surface area contributed by atoms with Crippen LogP contribution in [0.4, 0.5) is 0 Å². The van der Waals surface area contributed by atoms with E-state index in [1.807, 2.05) is 0 Å². The van der Waals surface area contributed by atoms with E-state index in [-0.39, 0.29) is 10.8 Å². The summed E-state index contributed by atoms with van der Waals surface area (Å²) in [5.41, 5.74) is 2.95. The Balaban J connectivity index is 1.99. The second-order valence-electron chi connectivity index (χ2n) is 11.9. The Morgan fingerprint density at radius 2 is 0.676 bits per heavy atom. The molecular weight excluding hydrogens is 408 g/mol. The Hall–Kier alpha value is -3.38. The van der Waals surface area contributed by atoms with Crippen molar-refractivity contribution < 1.29 is 0 Å². The third-order valence-corrected chi connectivity index (χ3v) is 7.53. The van der Waals surface area contributed by atoms with E-state index in [1.165, 1.54) is 65.0 Å². The van der Waals surface area contributed by atoms with E-state index in [0.29, 0.717) is 0 Å². The quantitative estimate of drug-likeness (QED) is 0.206. The van der Waals surface area contributed by atoms with Crippen LogP contribution in [0.15, 0.2) is 84.9 Å². The molecule has 0 fully saturated rings. The van der Waals surface area contributed by atoms with Crippen LogP contribution in [0.3, 0.4) is 0 Å². The molecule has 0 unspecified atom stereocenters. The molecule has 0 amide bonds. The third kappa shape index (κ3) is 3.05. The van der Waals surface area contributed by atoms with Gasteiger partial charge in [0.05, 0.1) is 0 Å². The fourth-order valence-electron chi connectivity index (χ4n) is 5.61. The van der Waals surface area contributed by atoms with Crippen LogP contribution >= 0.6 is 0 Å². The monoisotopic (exact) mass is 440 g/mol. The predicted octanol–water partition coefficient (Wildman–Crippen LogP) is 10.0. The minimum absolute atomic E-state index is 0.0955. The van der Waals surface area contributed by atoms with Gasteiger partial charge < -0.3 is 0 Å². The Labute approximate surface area is 202 Å². The molecule has 0 heteroatoms. The highest BCUT2D eigenvalue weighted by Crippen LogP contribution is 2.45. The van der Waals surface area contributed by atoms with E-state index >= 15 is 0 Å². The summed E-state index contributed by atoms with van der Waals surface area (Å²) in [4.78, 5) is 0. The van der Waals surface area contributed by atoms with Gasteiger partial charge in [-0.1, -0.05) is 114 Å². The van der Waals surface area contributed by atoms with Crippen molar-refractivity contribution in [1.82, 2.24) is 0 Å². The minimum atomic E-state index is 0.0955. The van der Waals surface area contributed by atoms with Gasteiger partial charge in [0, 0.05) is 0 Å². The van der Waals surface area contributed by atoms with E-state index in [4.69, 9.17) is 0 Å². The lowest BCUT2D eigenvalue weighted by atomic mass is 9.80. The summed E-state index contributed by atoms with van der Waals surface area (Å²) >= 11 is 0. The standard InChI is InChI=1S/C34H32/c1-33(2,3)21-15-17-25-26-18-16-22(34(4,5)6)20-30(26)32-28-14-10-8-12-24(28)23-11-7-9-13-27(23)31(32)29(25)19-21/h7-20H,1-6H3. The van der Waals surface area contributed by atoms with Gasteiger partial charge in [-0.05, 0) is 88.0 Å². The second kappa shape index (κ2) is 7.06. The largest absolute Gasteiger partial charge is 0.0616 e. The lowest BCUT2D eigenvalue weighted by Gasteiger charge is -2.23. The molecule has 0 N–H and O–H groups in total. The molecule has 0 nitrogen and oxygen atoms in total. The number of hydrogen-bond donors (Lipinski definition) is 0. The number of benzene rings is 6. The Morgan fingerprint density at radius 3 is 1.03 bits per heavy atom. The molecule has 0 aliphatic carbocycles. The normalized spacial score (nSPS) is 13.0. The van der Waals surface area contributed by atoms with Crippen LogP contribution in [0.2, 0.25) is 0 Å². The Morgan fingerprint density at radius 1 is 0.353 bits per heavy atom. The summed E-state index contributed by atoms with van der Waals surface area (Å²) in [6, 6.07) is 32.2. The van der Waals surface area contributed by atoms with Crippen LogP contribution in [0, 0.1) is 0 Å². The van der Waals surface area contributed by atoms with Crippen molar-refractivity contribution in [3.63, 3.8) is 0 Å². The molecule has 0 spiro atoms. The number of hydrogen-bond acceptors (Lipinski definition) is 0. The van der Waals surface area contributed by atoms with Gasteiger partial charge in [-0.3, -0.25) is 0 Å². The first-order valence-corrected chi connectivity index (χ1v) is 12.4. The fraction of sp³-hybridized carbons (Fsp3) is 0.235. The summed E-state index contributed by atoms with van der Waals surface area (Å²) in [5, 5.41) is 13.5. The van der Waals surface area contributed by atoms with Gasteiger partial charge in [0.15, 0.2) is 0 Å². The fourth-order valence-corrected chi connectivity index (χ4v) is 5.61. The number of fused-ring (bicyclic) bond motifs is 11. The van der Waals surface area contributed by atoms with E-state index < -0.39 is 0 Å². The molecule has 0 aliphatic heterocycles. The van der Waals surface area contributed by atoms with E-state index in [2.05, 4.69) is 126 Å². The second-order valence-corrected chi connectivity index (χ2v) is 11.9. The average molecular weight is 441 g/mol. The highest BCUT2D eigenvalue weighted by Gasteiger charge is 2.21. The van der Waals surface area contributed by atoms with Crippen molar-refractivity contribution in [3.8, 4) is 0 Å². The SMILES string of the molecule is CC(C)(C)c1ccc2c3ccc(C(C)(C)C)cc3c3c4ccccc4c4ccccc4c3c2c1. The molecule has 168 valence electrons. The lowest BCUT2D eigenvalue weighted by Crippen LogP contribution is -2.11. The van der Waals surface area contributed by atoms with Gasteiger partial charge in [0.1, 0.15) is 0 Å². The zero-order chi connectivity index (χ0) is 23.8. The Bertz CT molecular complexity index is 1620. The van der Waals surface area contributed by atoms with Gasteiger partial charge in [0.2, 0.25) is 0 Å². The molecule has 0 bridgehead atoms. The highest BCUT2D eigenvalue weighted by atomic mass is 14.2. The maximum Gasteiger partial charge on any atom is -0.00138 e. The molecule has 0 aromatic heterocycles. The van der Waals surface area contributed by atoms with Crippen LogP contribution in [0.1, 0.15) is 52.7 Å². The summed E-state index contributed by atoms with van der Waals surface area (Å²) in [5.74, 6) is 0. The molecule has 34 heavy (non-hydrogen) atoms. The number of rotatable bonds is 0. The topological polar surface area (TPSA) is 0 Å². The first kappa shape index (κ1) is 21.2. The van der Waals surface area contributed by atoms with Crippen molar-refractivity contribution in [1.29, 1.82) is 0 Å². The summed E-state index contributed by atoms with van der Waals surface area (Å²) in [6.45, 7) is 13.8. The van der Waals surface area contributed by atoms with Crippen molar-refractivity contribution in [3.05, 3.63) is 96.1 Å². The molecule has 6 aromatic carbocycles. The van der Waals surface area contributed by atoms with Gasteiger partial charge in [-0.15, -0.1) is 0 Å². The zero-order valence-corrected chi connectivity index (χ0v) is 21.1. The highest BCUT2D eigenvalue weighted by molar-refractivity contribution is 6.39. The smallest absolute Gasteiger partial charge is 0.00138 e. The van der Waals surface area contributed by atoms with Crippen LogP contribution in [-0.4, -0.2) is 0 Å². The molecule has 0 atom stereocenters. The predicted molar refractivity (Wildman–Crippen MR) is 151 cm³/mol. The summed E-state index contributed by atoms with van der Waals surface area (Å²) in [7, 11) is 0. The van der Waals surface area contributed by atoms with Crippen molar-refractivity contribution >= 4 is 53.9 Å². The van der Waals surface area contributed by atoms with E-state index in [0.717, 1.165) is 0 Å². The minimum Gasteiger partial charge on any atom is -0.0616 e. The van der Waals surface area contributed by atoms with Gasteiger partial charge >= 0.3 is 0 Å². The van der Waals surface area contributed by atoms with Crippen LogP contribution in [0.25, 0.3) is 53.9 Å². The molecular formula is C34H32. The van der Waals surface area contributed by atoms with Gasteiger partial charge in [0.25, 0.3) is 0 Å². The molecule has 6 aromatic rings. The molecule has 0 aliphatic rings. The van der Waals surface area contributed by atoms with Crippen LogP contribution in [0.5, 0.6) is 0 Å². The molecule has 0 radical (unpaired) electrons. The summed E-state index contributed by atoms with van der Waals surface area (Å²) in [6.07, 6.45) is 0. The maximum absolute atomic E-state index is 2.45. The van der Waals surface area contributed by atoms with E-state index in [1.54, 1.807) is 0 Å². The molecule has 6 rings (SSSR count). The lowest BCUT2D eigenvalue weighted by molar-refractivity contribution is 0.591. The third-order valence-electron chi connectivity index (χ3n) is 7.53. The molecule has 0 saturated heterocycles. The first-order chi connectivity index (χ1) is 16.1. The maximum atomic E-state index is 2.45. The summed E-state index contributed by atoms with van der Waals surface area (Å²) < 4.78 is 0. The zero-order valence-electron chi connectivity index (χ0n) is 21.1. The average Bonchev–Trinajstić information content (AvgIpc) is 2.82. The van der Waals surface area contributed by atoms with Crippen molar-refractivity contribution in [2.24, 2.45) is 0 Å².